The predicted octanol–water partition coefficient (Wildman–Crippen LogP) is 3.86. The smallest absolute Gasteiger partial charge is 0.410 e. The van der Waals surface area contributed by atoms with Crippen LogP contribution in [0.25, 0.3) is 0 Å². The van der Waals surface area contributed by atoms with Gasteiger partial charge in [0.15, 0.2) is 0 Å². The Labute approximate surface area is 147 Å². The highest BCUT2D eigenvalue weighted by Crippen LogP contribution is 2.43. The quantitative estimate of drug-likeness (QED) is 0.883. The second kappa shape index (κ2) is 6.32. The molecule has 0 aromatic heterocycles. The number of hydrogen-bond donors (Lipinski definition) is 1. The normalized spacial score (nSPS) is 25.2. The van der Waals surface area contributed by atoms with Gasteiger partial charge in [-0.25, -0.2) is 9.18 Å². The molecule has 2 aliphatic heterocycles. The van der Waals surface area contributed by atoms with Gasteiger partial charge in [-0.3, -0.25) is 4.79 Å². The molecule has 2 saturated heterocycles. The van der Waals surface area contributed by atoms with Crippen molar-refractivity contribution in [3.8, 4) is 0 Å². The molecule has 25 heavy (non-hydrogen) atoms. The van der Waals surface area contributed by atoms with Crippen LogP contribution in [0, 0.1) is 18.7 Å². The Hall–Kier alpha value is -2.11. The van der Waals surface area contributed by atoms with E-state index in [4.69, 9.17) is 4.74 Å². The van der Waals surface area contributed by atoms with E-state index in [1.165, 1.54) is 6.07 Å². The van der Waals surface area contributed by atoms with E-state index in [2.05, 4.69) is 5.32 Å². The van der Waals surface area contributed by atoms with Crippen LogP contribution in [0.3, 0.4) is 0 Å². The Morgan fingerprint density at radius 2 is 2.00 bits per heavy atom. The van der Waals surface area contributed by atoms with Crippen molar-refractivity contribution in [1.82, 2.24) is 4.90 Å². The maximum atomic E-state index is 13.4. The summed E-state index contributed by atoms with van der Waals surface area (Å²) < 4.78 is 18.9. The average molecular weight is 348 g/mol. The molecule has 0 radical (unpaired) electrons. The number of anilines is 1. The number of halogens is 1. The Morgan fingerprint density at radius 1 is 1.28 bits per heavy atom. The highest BCUT2D eigenvalue weighted by atomic mass is 19.1. The Balaban J connectivity index is 1.69. The molecule has 136 valence electrons. The minimum Gasteiger partial charge on any atom is -0.444 e. The fourth-order valence-corrected chi connectivity index (χ4v) is 3.83. The van der Waals surface area contributed by atoms with Gasteiger partial charge in [0.25, 0.3) is 0 Å². The second-order valence-corrected chi connectivity index (χ2v) is 7.98. The zero-order valence-corrected chi connectivity index (χ0v) is 15.1. The first kappa shape index (κ1) is 17.7. The first-order chi connectivity index (χ1) is 11.7. The third-order valence-corrected chi connectivity index (χ3v) is 4.90. The molecule has 0 saturated carbocycles. The minimum atomic E-state index is -0.553. The molecule has 6 heteroatoms. The maximum absolute atomic E-state index is 13.4. The van der Waals surface area contributed by atoms with Gasteiger partial charge in [-0.1, -0.05) is 0 Å². The highest BCUT2D eigenvalue weighted by molar-refractivity contribution is 5.94. The summed E-state index contributed by atoms with van der Waals surface area (Å²) in [6.45, 7) is 7.17. The number of nitrogens with zero attached hydrogens (tertiary/aromatic N) is 1. The fraction of sp³-hybridized carbons (Fsp3) is 0.579. The summed E-state index contributed by atoms with van der Waals surface area (Å²) in [5.74, 6) is -0.669. The van der Waals surface area contributed by atoms with E-state index in [1.54, 1.807) is 24.0 Å². The van der Waals surface area contributed by atoms with Gasteiger partial charge in [0, 0.05) is 17.8 Å². The number of nitrogens with one attached hydrogen (secondary N) is 1. The monoisotopic (exact) mass is 348 g/mol. The van der Waals surface area contributed by atoms with Crippen LogP contribution in [-0.4, -0.2) is 34.6 Å². The van der Waals surface area contributed by atoms with Crippen molar-refractivity contribution in [3.63, 3.8) is 0 Å². The van der Waals surface area contributed by atoms with Crippen LogP contribution in [0.1, 0.15) is 45.6 Å². The lowest BCUT2D eigenvalue weighted by atomic mass is 9.88. The van der Waals surface area contributed by atoms with Crippen molar-refractivity contribution in [2.24, 2.45) is 5.92 Å². The number of carbonyl (C=O) groups excluding carboxylic acids is 2. The summed E-state index contributed by atoms with van der Waals surface area (Å²) in [6, 6.07) is 4.45. The van der Waals surface area contributed by atoms with Gasteiger partial charge < -0.3 is 15.0 Å². The number of rotatable bonds is 2. The topological polar surface area (TPSA) is 58.6 Å². The molecule has 2 bridgehead atoms. The number of hydrogen-bond acceptors (Lipinski definition) is 3. The minimum absolute atomic E-state index is 0.0607. The number of carbonyl (C=O) groups is 2. The zero-order valence-electron chi connectivity index (χ0n) is 15.1. The third kappa shape index (κ3) is 3.62. The molecular formula is C19H25FN2O3. The summed E-state index contributed by atoms with van der Waals surface area (Å²) in [6.07, 6.45) is 2.02. The Morgan fingerprint density at radius 3 is 2.64 bits per heavy atom. The van der Waals surface area contributed by atoms with E-state index in [-0.39, 0.29) is 35.8 Å². The lowest BCUT2D eigenvalue weighted by Gasteiger charge is -2.28. The highest BCUT2D eigenvalue weighted by Gasteiger charge is 2.52. The van der Waals surface area contributed by atoms with E-state index in [9.17, 15) is 14.0 Å². The number of fused-ring (bicyclic) bond motifs is 2. The van der Waals surface area contributed by atoms with Crippen molar-refractivity contribution >= 4 is 17.7 Å². The zero-order chi connectivity index (χ0) is 18.4. The van der Waals surface area contributed by atoms with Gasteiger partial charge >= 0.3 is 6.09 Å². The molecule has 2 aliphatic rings. The molecule has 5 nitrogen and oxygen atoms in total. The first-order valence-corrected chi connectivity index (χ1v) is 8.74. The van der Waals surface area contributed by atoms with E-state index in [0.717, 1.165) is 12.8 Å². The van der Waals surface area contributed by atoms with Crippen molar-refractivity contribution in [2.45, 2.75) is 64.6 Å². The number of ether oxygens (including phenoxy) is 1. The van der Waals surface area contributed by atoms with Crippen LogP contribution >= 0.6 is 0 Å². The summed E-state index contributed by atoms with van der Waals surface area (Å²) in [5, 5.41) is 2.86. The molecule has 1 aromatic carbocycles. The van der Waals surface area contributed by atoms with E-state index >= 15 is 0 Å². The summed E-state index contributed by atoms with van der Waals surface area (Å²) in [5.41, 5.74) is 0.513. The van der Waals surface area contributed by atoms with Crippen LogP contribution < -0.4 is 5.32 Å². The van der Waals surface area contributed by atoms with E-state index in [1.807, 2.05) is 20.8 Å². The van der Waals surface area contributed by atoms with Crippen LogP contribution in [0.5, 0.6) is 0 Å². The number of benzene rings is 1. The summed E-state index contributed by atoms with van der Waals surface area (Å²) in [7, 11) is 0. The number of aryl methyl sites for hydroxylation is 1. The molecule has 0 aliphatic carbocycles. The molecule has 2 heterocycles. The summed E-state index contributed by atoms with van der Waals surface area (Å²) in [4.78, 5) is 26.9. The largest absolute Gasteiger partial charge is 0.444 e. The van der Waals surface area contributed by atoms with Crippen molar-refractivity contribution < 1.29 is 18.7 Å². The van der Waals surface area contributed by atoms with Gasteiger partial charge in [0.1, 0.15) is 11.4 Å². The van der Waals surface area contributed by atoms with Gasteiger partial charge in [-0.05, 0) is 70.7 Å². The van der Waals surface area contributed by atoms with Crippen LogP contribution in [0.15, 0.2) is 18.2 Å². The molecule has 0 spiro atoms. The average Bonchev–Trinajstić information content (AvgIpc) is 3.07. The van der Waals surface area contributed by atoms with Crippen LogP contribution in [0.4, 0.5) is 14.9 Å². The fourth-order valence-electron chi connectivity index (χ4n) is 3.83. The SMILES string of the molecule is Cc1cc(NC(=O)C2CC3CCC2N3C(=O)OC(C)(C)C)ccc1F. The predicted molar refractivity (Wildman–Crippen MR) is 92.8 cm³/mol. The molecule has 1 aromatic rings. The standard InChI is InChI=1S/C19H25FN2O3/c1-11-9-12(5-7-15(11)20)21-17(23)14-10-13-6-8-16(14)22(13)18(24)25-19(2,3)4/h5,7,9,13-14,16H,6,8,10H2,1-4H3,(H,21,23). The van der Waals surface area contributed by atoms with E-state index in [0.29, 0.717) is 17.7 Å². The lowest BCUT2D eigenvalue weighted by Crippen LogP contribution is -2.42. The molecule has 3 rings (SSSR count). The first-order valence-electron chi connectivity index (χ1n) is 8.74. The van der Waals surface area contributed by atoms with E-state index < -0.39 is 5.60 Å². The van der Waals surface area contributed by atoms with Gasteiger partial charge in [0.2, 0.25) is 5.91 Å². The Kier molecular flexibility index (Phi) is 4.47. The molecule has 2 amide bonds. The van der Waals surface area contributed by atoms with Gasteiger partial charge in [-0.2, -0.15) is 0 Å². The molecule has 2 fully saturated rings. The lowest BCUT2D eigenvalue weighted by molar-refractivity contribution is -0.120. The van der Waals surface area contributed by atoms with Gasteiger partial charge in [0.05, 0.1) is 5.92 Å². The van der Waals surface area contributed by atoms with Crippen molar-refractivity contribution in [1.29, 1.82) is 0 Å². The molecule has 3 unspecified atom stereocenters. The maximum Gasteiger partial charge on any atom is 0.410 e. The van der Waals surface area contributed by atoms with Crippen LogP contribution in [-0.2, 0) is 9.53 Å². The number of amides is 2. The Bertz CT molecular complexity index is 698. The second-order valence-electron chi connectivity index (χ2n) is 7.98. The molecule has 3 atom stereocenters. The van der Waals surface area contributed by atoms with Crippen molar-refractivity contribution in [3.05, 3.63) is 29.6 Å². The molecular weight excluding hydrogens is 323 g/mol. The summed E-state index contributed by atoms with van der Waals surface area (Å²) >= 11 is 0. The van der Waals surface area contributed by atoms with Crippen molar-refractivity contribution in [2.75, 3.05) is 5.32 Å². The molecule has 1 N–H and O–H groups in total. The third-order valence-electron chi connectivity index (χ3n) is 4.90. The van der Waals surface area contributed by atoms with Gasteiger partial charge in [-0.15, -0.1) is 0 Å². The van der Waals surface area contributed by atoms with Crippen LogP contribution in [0.2, 0.25) is 0 Å².